The number of rotatable bonds is 4. The molecular formula is C24H20N4O2S2. The molecule has 0 saturated carbocycles. The number of benzene rings is 2. The fraction of sp³-hybridized carbons (Fsp3) is 0.167. The van der Waals surface area contributed by atoms with Crippen molar-refractivity contribution in [3.05, 3.63) is 75.7 Å². The van der Waals surface area contributed by atoms with Crippen LogP contribution >= 0.6 is 22.7 Å². The van der Waals surface area contributed by atoms with Crippen LogP contribution in [0.3, 0.4) is 0 Å². The molecule has 3 heterocycles. The average molecular weight is 461 g/mol. The lowest BCUT2D eigenvalue weighted by Gasteiger charge is -2.14. The Balaban J connectivity index is 1.51. The zero-order valence-electron chi connectivity index (χ0n) is 17.7. The summed E-state index contributed by atoms with van der Waals surface area (Å²) in [5.74, 6) is -0.310. The highest BCUT2D eigenvalue weighted by molar-refractivity contribution is 7.22. The van der Waals surface area contributed by atoms with Crippen LogP contribution in [0.15, 0.2) is 59.0 Å². The van der Waals surface area contributed by atoms with Crippen molar-refractivity contribution in [2.45, 2.75) is 26.8 Å². The first-order valence-corrected chi connectivity index (χ1v) is 11.8. The van der Waals surface area contributed by atoms with Gasteiger partial charge < -0.3 is 5.32 Å². The minimum absolute atomic E-state index is 0.224. The summed E-state index contributed by atoms with van der Waals surface area (Å²) in [6.07, 6.45) is 1.45. The molecule has 160 valence electrons. The molecule has 0 aliphatic rings. The lowest BCUT2D eigenvalue weighted by molar-refractivity contribution is -0.118. The summed E-state index contributed by atoms with van der Waals surface area (Å²) < 4.78 is 2.39. The highest BCUT2D eigenvalue weighted by Gasteiger charge is 2.21. The van der Waals surface area contributed by atoms with E-state index in [1.165, 1.54) is 39.1 Å². The summed E-state index contributed by atoms with van der Waals surface area (Å²) in [4.78, 5) is 36.0. The Morgan fingerprint density at radius 3 is 2.72 bits per heavy atom. The molecule has 3 aromatic heterocycles. The third kappa shape index (κ3) is 3.51. The Kier molecular flexibility index (Phi) is 5.11. The number of para-hydroxylation sites is 1. The number of thiazole rings is 1. The van der Waals surface area contributed by atoms with Gasteiger partial charge in [-0.15, -0.1) is 11.3 Å². The number of aromatic nitrogens is 3. The minimum atomic E-state index is -0.738. The standard InChI is InChI=1S/C24H20N4O2S2/c1-13-8-9-16(14(2)10-13)17-11-31-22-20(17)23(30)28(12-25-22)15(3)21(29)27-24-26-18-6-4-5-7-19(18)32-24/h4-12,15H,1-3H3,(H,26,27,29). The van der Waals surface area contributed by atoms with E-state index in [9.17, 15) is 9.59 Å². The summed E-state index contributed by atoms with van der Waals surface area (Å²) in [6, 6.07) is 13.1. The highest BCUT2D eigenvalue weighted by atomic mass is 32.1. The Morgan fingerprint density at radius 2 is 1.94 bits per heavy atom. The molecule has 1 atom stereocenters. The minimum Gasteiger partial charge on any atom is -0.300 e. The number of amides is 1. The topological polar surface area (TPSA) is 76.9 Å². The van der Waals surface area contributed by atoms with Gasteiger partial charge in [-0.2, -0.15) is 0 Å². The van der Waals surface area contributed by atoms with E-state index in [0.717, 1.165) is 26.9 Å². The van der Waals surface area contributed by atoms with Gasteiger partial charge in [0.05, 0.1) is 21.9 Å². The van der Waals surface area contributed by atoms with Crippen LogP contribution in [0.1, 0.15) is 24.1 Å². The zero-order chi connectivity index (χ0) is 22.4. The van der Waals surface area contributed by atoms with E-state index in [2.05, 4.69) is 21.4 Å². The number of nitrogens with one attached hydrogen (secondary N) is 1. The third-order valence-electron chi connectivity index (χ3n) is 5.51. The quantitative estimate of drug-likeness (QED) is 0.381. The first kappa shape index (κ1) is 20.5. The monoisotopic (exact) mass is 460 g/mol. The molecule has 5 aromatic rings. The van der Waals surface area contributed by atoms with E-state index < -0.39 is 6.04 Å². The Morgan fingerprint density at radius 1 is 1.12 bits per heavy atom. The number of hydrogen-bond donors (Lipinski definition) is 1. The Bertz CT molecular complexity index is 1510. The van der Waals surface area contributed by atoms with E-state index in [1.807, 2.05) is 55.6 Å². The molecule has 0 aliphatic carbocycles. The zero-order valence-corrected chi connectivity index (χ0v) is 19.4. The maximum Gasteiger partial charge on any atom is 0.263 e. The number of carbonyl (C=O) groups is 1. The third-order valence-corrected chi connectivity index (χ3v) is 7.35. The molecule has 1 N–H and O–H groups in total. The highest BCUT2D eigenvalue weighted by Crippen LogP contribution is 2.33. The van der Waals surface area contributed by atoms with Crippen molar-refractivity contribution in [1.29, 1.82) is 0 Å². The van der Waals surface area contributed by atoms with Crippen LogP contribution in [0.5, 0.6) is 0 Å². The maximum atomic E-state index is 13.4. The molecule has 6 nitrogen and oxygen atoms in total. The lowest BCUT2D eigenvalue weighted by Crippen LogP contribution is -2.31. The van der Waals surface area contributed by atoms with Gasteiger partial charge in [0.25, 0.3) is 5.56 Å². The fourth-order valence-corrected chi connectivity index (χ4v) is 5.56. The van der Waals surface area contributed by atoms with Gasteiger partial charge in [0, 0.05) is 10.9 Å². The molecule has 0 saturated heterocycles. The van der Waals surface area contributed by atoms with E-state index >= 15 is 0 Å². The van der Waals surface area contributed by atoms with E-state index in [1.54, 1.807) is 6.92 Å². The van der Waals surface area contributed by atoms with E-state index in [4.69, 9.17) is 0 Å². The molecule has 0 spiro atoms. The Hall–Kier alpha value is -3.36. The number of fused-ring (bicyclic) bond motifs is 2. The van der Waals surface area contributed by atoms with Crippen LogP contribution in [-0.4, -0.2) is 20.4 Å². The largest absolute Gasteiger partial charge is 0.300 e. The number of hydrogen-bond acceptors (Lipinski definition) is 6. The first-order chi connectivity index (χ1) is 15.4. The van der Waals surface area contributed by atoms with Gasteiger partial charge >= 0.3 is 0 Å². The first-order valence-electron chi connectivity index (χ1n) is 10.1. The van der Waals surface area contributed by atoms with Gasteiger partial charge in [-0.1, -0.05) is 47.2 Å². The van der Waals surface area contributed by atoms with Gasteiger partial charge in [-0.3, -0.25) is 14.2 Å². The van der Waals surface area contributed by atoms with Crippen molar-refractivity contribution in [1.82, 2.24) is 14.5 Å². The molecule has 32 heavy (non-hydrogen) atoms. The molecule has 5 rings (SSSR count). The van der Waals surface area contributed by atoms with Crippen molar-refractivity contribution >= 4 is 54.1 Å². The fourth-order valence-electron chi connectivity index (χ4n) is 3.80. The summed E-state index contributed by atoms with van der Waals surface area (Å²) in [5, 5.41) is 5.87. The SMILES string of the molecule is Cc1ccc(-c2csc3ncn(C(C)C(=O)Nc4nc5ccccc5s4)c(=O)c23)c(C)c1. The molecule has 1 amide bonds. The van der Waals surface area contributed by atoms with E-state index in [-0.39, 0.29) is 11.5 Å². The van der Waals surface area contributed by atoms with Crippen LogP contribution in [-0.2, 0) is 4.79 Å². The number of nitrogens with zero attached hydrogens (tertiary/aromatic N) is 3. The van der Waals surface area contributed by atoms with Crippen LogP contribution in [0.4, 0.5) is 5.13 Å². The van der Waals surface area contributed by atoms with Crippen molar-refractivity contribution in [2.75, 3.05) is 5.32 Å². The second-order valence-corrected chi connectivity index (χ2v) is 9.65. The molecule has 0 radical (unpaired) electrons. The van der Waals surface area contributed by atoms with Gasteiger partial charge in [0.1, 0.15) is 10.9 Å². The lowest BCUT2D eigenvalue weighted by atomic mass is 9.99. The molecule has 0 aliphatic heterocycles. The smallest absolute Gasteiger partial charge is 0.263 e. The van der Waals surface area contributed by atoms with Crippen molar-refractivity contribution in [3.8, 4) is 11.1 Å². The summed E-state index contributed by atoms with van der Waals surface area (Å²) in [7, 11) is 0. The van der Waals surface area contributed by atoms with Crippen LogP contribution in [0.2, 0.25) is 0 Å². The summed E-state index contributed by atoms with van der Waals surface area (Å²) >= 11 is 2.84. The molecular weight excluding hydrogens is 440 g/mol. The normalized spacial score (nSPS) is 12.3. The predicted molar refractivity (Wildman–Crippen MR) is 132 cm³/mol. The molecule has 0 bridgehead atoms. The Labute approximate surface area is 192 Å². The summed E-state index contributed by atoms with van der Waals surface area (Å²) in [6.45, 7) is 5.78. The number of anilines is 1. The number of aryl methyl sites for hydroxylation is 2. The van der Waals surface area contributed by atoms with Crippen molar-refractivity contribution in [2.24, 2.45) is 0 Å². The summed E-state index contributed by atoms with van der Waals surface area (Å²) in [5.41, 5.74) is 4.73. The van der Waals surface area contributed by atoms with E-state index in [0.29, 0.717) is 15.3 Å². The second kappa shape index (κ2) is 7.96. The molecule has 1 unspecified atom stereocenters. The van der Waals surface area contributed by atoms with Gasteiger partial charge in [0.15, 0.2) is 5.13 Å². The number of carbonyl (C=O) groups excluding carboxylic acids is 1. The molecule has 0 fully saturated rings. The van der Waals surface area contributed by atoms with Gasteiger partial charge in [-0.25, -0.2) is 9.97 Å². The van der Waals surface area contributed by atoms with Crippen LogP contribution in [0.25, 0.3) is 31.6 Å². The maximum absolute atomic E-state index is 13.4. The second-order valence-electron chi connectivity index (χ2n) is 7.76. The molecule has 8 heteroatoms. The average Bonchev–Trinajstić information content (AvgIpc) is 3.37. The van der Waals surface area contributed by atoms with Crippen molar-refractivity contribution in [3.63, 3.8) is 0 Å². The van der Waals surface area contributed by atoms with Crippen LogP contribution in [0, 0.1) is 13.8 Å². The van der Waals surface area contributed by atoms with Gasteiger partial charge in [-0.05, 0) is 44.0 Å². The van der Waals surface area contributed by atoms with Gasteiger partial charge in [0.2, 0.25) is 5.91 Å². The van der Waals surface area contributed by atoms with Crippen molar-refractivity contribution < 1.29 is 4.79 Å². The number of thiophene rings is 1. The van der Waals surface area contributed by atoms with Crippen LogP contribution < -0.4 is 10.9 Å². The predicted octanol–water partition coefficient (Wildman–Crippen LogP) is 5.55. The molecule has 2 aromatic carbocycles.